The highest BCUT2D eigenvalue weighted by atomic mass is 79.9. The number of halogens is 4. The van der Waals surface area contributed by atoms with E-state index in [2.05, 4.69) is 69.0 Å². The van der Waals surface area contributed by atoms with Gasteiger partial charge in [0.2, 0.25) is 0 Å². The van der Waals surface area contributed by atoms with Gasteiger partial charge in [-0.25, -0.2) is 0 Å². The fraction of sp³-hybridized carbons (Fsp3) is 0.444. The molecule has 0 fully saturated rings. The molecule has 0 aliphatic carbocycles. The minimum Gasteiger partial charge on any atom is -0.345 e. The maximum Gasteiger partial charge on any atom is 0.253 e. The van der Waals surface area contributed by atoms with Crippen molar-refractivity contribution in [2.45, 2.75) is 12.5 Å². The topological polar surface area (TPSA) is 29.1 Å². The van der Waals surface area contributed by atoms with Gasteiger partial charge in [-0.05, 0) is 44.8 Å². The molecule has 0 unspecified atom stereocenters. The van der Waals surface area contributed by atoms with Crippen molar-refractivity contribution in [3.8, 4) is 0 Å². The van der Waals surface area contributed by atoms with E-state index in [1.807, 2.05) is 13.0 Å². The van der Waals surface area contributed by atoms with E-state index in [0.29, 0.717) is 16.2 Å². The van der Waals surface area contributed by atoms with Gasteiger partial charge >= 0.3 is 0 Å². The maximum atomic E-state index is 12.0. The van der Waals surface area contributed by atoms with Gasteiger partial charge in [0.15, 0.2) is 0 Å². The van der Waals surface area contributed by atoms with Gasteiger partial charge in [-0.2, -0.15) is 0 Å². The second-order valence-electron chi connectivity index (χ2n) is 3.52. The Morgan fingerprint density at radius 3 is 2.38 bits per heavy atom. The average molecular weight is 499 g/mol. The van der Waals surface area contributed by atoms with E-state index < -0.39 is 0 Å². The summed E-state index contributed by atoms with van der Waals surface area (Å²) in [6, 6.07) is 1.81. The molecule has 1 heterocycles. The van der Waals surface area contributed by atoms with Gasteiger partial charge in [-0.3, -0.25) is 4.79 Å². The second kappa shape index (κ2) is 6.31. The molecule has 0 radical (unpaired) electrons. The van der Waals surface area contributed by atoms with E-state index in [-0.39, 0.29) is 11.4 Å². The third-order valence-corrected chi connectivity index (χ3v) is 6.72. The van der Waals surface area contributed by atoms with Crippen molar-refractivity contribution in [3.05, 3.63) is 19.2 Å². The standard InChI is InChI=1S/C9H9Br4NOS/c1-9(3-10,4-11)14-8(15)5-2-6(12)16-7(5)13/h2H,3-4H2,1H3,(H,14,15). The van der Waals surface area contributed by atoms with Gasteiger partial charge in [0.05, 0.1) is 18.7 Å². The summed E-state index contributed by atoms with van der Waals surface area (Å²) in [6.45, 7) is 1.98. The number of carbonyl (C=O) groups excluding carboxylic acids is 1. The third kappa shape index (κ3) is 3.80. The van der Waals surface area contributed by atoms with Crippen LogP contribution in [0.25, 0.3) is 0 Å². The molecule has 1 aromatic rings. The summed E-state index contributed by atoms with van der Waals surface area (Å²) in [5.41, 5.74) is 0.371. The Morgan fingerprint density at radius 2 is 2.00 bits per heavy atom. The largest absolute Gasteiger partial charge is 0.345 e. The molecule has 2 nitrogen and oxygen atoms in total. The molecule has 0 aromatic carbocycles. The van der Waals surface area contributed by atoms with Gasteiger partial charge in [-0.15, -0.1) is 11.3 Å². The van der Waals surface area contributed by atoms with Crippen LogP contribution in [-0.4, -0.2) is 22.1 Å². The number of carbonyl (C=O) groups is 1. The first-order valence-corrected chi connectivity index (χ1v) is 8.95. The summed E-state index contributed by atoms with van der Waals surface area (Å²) >= 11 is 15.0. The number of hydrogen-bond acceptors (Lipinski definition) is 2. The van der Waals surface area contributed by atoms with Crippen LogP contribution in [-0.2, 0) is 0 Å². The normalized spacial score (nSPS) is 11.6. The van der Waals surface area contributed by atoms with E-state index in [4.69, 9.17) is 0 Å². The first kappa shape index (κ1) is 15.1. The first-order chi connectivity index (χ1) is 7.41. The summed E-state index contributed by atoms with van der Waals surface area (Å²) in [5.74, 6) is -0.0739. The lowest BCUT2D eigenvalue weighted by Gasteiger charge is -2.26. The summed E-state index contributed by atoms with van der Waals surface area (Å²) < 4.78 is 1.77. The van der Waals surface area contributed by atoms with E-state index in [0.717, 1.165) is 7.57 Å². The zero-order chi connectivity index (χ0) is 12.3. The number of rotatable bonds is 4. The summed E-state index contributed by atoms with van der Waals surface area (Å²) in [4.78, 5) is 12.0. The number of nitrogens with one attached hydrogen (secondary N) is 1. The lowest BCUT2D eigenvalue weighted by molar-refractivity contribution is 0.0922. The van der Waals surface area contributed by atoms with Crippen LogP contribution in [0.2, 0.25) is 0 Å². The fourth-order valence-electron chi connectivity index (χ4n) is 0.939. The quantitative estimate of drug-likeness (QED) is 0.606. The van der Waals surface area contributed by atoms with Crippen molar-refractivity contribution in [1.29, 1.82) is 0 Å². The molecule has 1 amide bonds. The van der Waals surface area contributed by atoms with Crippen molar-refractivity contribution in [2.24, 2.45) is 0 Å². The van der Waals surface area contributed by atoms with Crippen LogP contribution in [0.1, 0.15) is 17.3 Å². The highest BCUT2D eigenvalue weighted by Gasteiger charge is 2.25. The number of amides is 1. The van der Waals surface area contributed by atoms with Crippen molar-refractivity contribution in [3.63, 3.8) is 0 Å². The molecular formula is C9H9Br4NOS. The van der Waals surface area contributed by atoms with E-state index in [1.165, 1.54) is 11.3 Å². The van der Waals surface area contributed by atoms with E-state index in [1.54, 1.807) is 0 Å². The van der Waals surface area contributed by atoms with Crippen LogP contribution < -0.4 is 5.32 Å². The van der Waals surface area contributed by atoms with Crippen molar-refractivity contribution < 1.29 is 4.79 Å². The van der Waals surface area contributed by atoms with Crippen LogP contribution in [0.3, 0.4) is 0 Å². The molecule has 1 rings (SSSR count). The molecule has 0 bridgehead atoms. The predicted molar refractivity (Wildman–Crippen MR) is 83.2 cm³/mol. The second-order valence-corrected chi connectivity index (χ2v) is 8.39. The zero-order valence-corrected chi connectivity index (χ0v) is 15.5. The Morgan fingerprint density at radius 1 is 1.44 bits per heavy atom. The number of alkyl halides is 2. The number of hydrogen-bond donors (Lipinski definition) is 1. The average Bonchev–Trinajstić information content (AvgIpc) is 2.57. The highest BCUT2D eigenvalue weighted by molar-refractivity contribution is 9.12. The zero-order valence-electron chi connectivity index (χ0n) is 8.32. The van der Waals surface area contributed by atoms with Crippen molar-refractivity contribution in [1.82, 2.24) is 5.32 Å². The Kier molecular flexibility index (Phi) is 5.98. The molecule has 1 aromatic heterocycles. The molecule has 0 aliphatic rings. The molecule has 90 valence electrons. The molecule has 0 saturated heterocycles. The Hall–Kier alpha value is 1.09. The van der Waals surface area contributed by atoms with E-state index in [9.17, 15) is 4.79 Å². The van der Waals surface area contributed by atoms with Crippen LogP contribution in [0.5, 0.6) is 0 Å². The Balaban J connectivity index is 2.84. The van der Waals surface area contributed by atoms with Gasteiger partial charge in [0, 0.05) is 10.7 Å². The maximum absolute atomic E-state index is 12.0. The van der Waals surface area contributed by atoms with Crippen molar-refractivity contribution in [2.75, 3.05) is 10.7 Å². The summed E-state index contributed by atoms with van der Waals surface area (Å²) in [7, 11) is 0. The van der Waals surface area contributed by atoms with E-state index >= 15 is 0 Å². The van der Waals surface area contributed by atoms with Gasteiger partial charge in [0.25, 0.3) is 5.91 Å². The number of thiophene rings is 1. The van der Waals surface area contributed by atoms with Crippen LogP contribution in [0, 0.1) is 0 Å². The molecule has 0 aliphatic heterocycles. The Labute approximate surface area is 132 Å². The van der Waals surface area contributed by atoms with Gasteiger partial charge in [-0.1, -0.05) is 31.9 Å². The van der Waals surface area contributed by atoms with Crippen LogP contribution in [0.4, 0.5) is 0 Å². The first-order valence-electron chi connectivity index (χ1n) is 4.31. The summed E-state index contributed by atoms with van der Waals surface area (Å²) in [5, 5.41) is 4.38. The van der Waals surface area contributed by atoms with Crippen molar-refractivity contribution >= 4 is 81.0 Å². The predicted octanol–water partition coefficient (Wildman–Crippen LogP) is 4.55. The lowest BCUT2D eigenvalue weighted by Crippen LogP contribution is -2.48. The molecule has 7 heteroatoms. The van der Waals surface area contributed by atoms with Gasteiger partial charge in [0.1, 0.15) is 0 Å². The van der Waals surface area contributed by atoms with Gasteiger partial charge < -0.3 is 5.32 Å². The monoisotopic (exact) mass is 495 g/mol. The highest BCUT2D eigenvalue weighted by Crippen LogP contribution is 2.32. The third-order valence-electron chi connectivity index (χ3n) is 1.91. The minimum absolute atomic E-state index is 0.0739. The van der Waals surface area contributed by atoms with Crippen LogP contribution in [0.15, 0.2) is 13.6 Å². The SMILES string of the molecule is CC(CBr)(CBr)NC(=O)c1cc(Br)sc1Br. The molecule has 0 spiro atoms. The molecule has 16 heavy (non-hydrogen) atoms. The Bertz CT molecular complexity index is 389. The molecule has 0 saturated carbocycles. The fourth-order valence-corrected chi connectivity index (χ4v) is 4.94. The smallest absolute Gasteiger partial charge is 0.253 e. The molecule has 0 atom stereocenters. The molecule has 1 N–H and O–H groups in total. The minimum atomic E-state index is -0.287. The molecular weight excluding hydrogens is 490 g/mol. The summed E-state index contributed by atoms with van der Waals surface area (Å²) in [6.07, 6.45) is 0. The lowest BCUT2D eigenvalue weighted by atomic mass is 10.1. The van der Waals surface area contributed by atoms with Crippen LogP contribution >= 0.6 is 75.1 Å².